The second-order valence-corrected chi connectivity index (χ2v) is 7.46. The van der Waals surface area contributed by atoms with E-state index in [0.29, 0.717) is 19.5 Å². The van der Waals surface area contributed by atoms with Crippen molar-refractivity contribution in [2.45, 2.75) is 31.5 Å². The van der Waals surface area contributed by atoms with Gasteiger partial charge in [-0.3, -0.25) is 9.69 Å². The Labute approximate surface area is 175 Å². The predicted octanol–water partition coefficient (Wildman–Crippen LogP) is 1.86. The first-order valence-corrected chi connectivity index (χ1v) is 10.1. The van der Waals surface area contributed by atoms with Gasteiger partial charge in [-0.15, -0.1) is 5.10 Å². The van der Waals surface area contributed by atoms with Gasteiger partial charge in [-0.05, 0) is 40.5 Å². The molecule has 1 N–H and O–H groups in total. The van der Waals surface area contributed by atoms with Crippen LogP contribution in [0.4, 0.5) is 0 Å². The van der Waals surface area contributed by atoms with E-state index in [1.807, 2.05) is 42.5 Å². The topological polar surface area (TPSA) is 85.2 Å². The highest BCUT2D eigenvalue weighted by molar-refractivity contribution is 5.82. The number of rotatable bonds is 8. The summed E-state index contributed by atoms with van der Waals surface area (Å²) in [5.41, 5.74) is 2.26. The average Bonchev–Trinajstić information content (AvgIpc) is 3.45. The number of carbonyl (C=O) groups excluding carboxylic acids is 1. The molecule has 0 spiro atoms. The maximum atomic E-state index is 13.1. The Balaban J connectivity index is 1.41. The molecule has 2 aromatic carbocycles. The SMILES string of the molecule is COc1ccccc1CCNC(=O)[C@@H]1C[C@H](n2cnnn2)CN1Cc1ccccc1. The zero-order chi connectivity index (χ0) is 20.8. The number of tetrazole rings is 1. The van der Waals surface area contributed by atoms with Crippen molar-refractivity contribution in [2.75, 3.05) is 20.2 Å². The van der Waals surface area contributed by atoms with Crippen LogP contribution in [-0.4, -0.2) is 57.3 Å². The lowest BCUT2D eigenvalue weighted by molar-refractivity contribution is -0.125. The summed E-state index contributed by atoms with van der Waals surface area (Å²) < 4.78 is 7.15. The number of ether oxygens (including phenoxy) is 1. The van der Waals surface area contributed by atoms with Crippen LogP contribution in [0, 0.1) is 0 Å². The van der Waals surface area contributed by atoms with Gasteiger partial charge in [-0.2, -0.15) is 0 Å². The molecular weight excluding hydrogens is 380 g/mol. The van der Waals surface area contributed by atoms with E-state index in [-0.39, 0.29) is 18.0 Å². The van der Waals surface area contributed by atoms with Gasteiger partial charge in [0.05, 0.1) is 19.2 Å². The Hall–Kier alpha value is -3.26. The molecular formula is C22H26N6O2. The molecule has 0 aliphatic carbocycles. The smallest absolute Gasteiger partial charge is 0.237 e. The molecule has 3 aromatic rings. The number of amides is 1. The van der Waals surface area contributed by atoms with Crippen LogP contribution in [-0.2, 0) is 17.8 Å². The van der Waals surface area contributed by atoms with Crippen molar-refractivity contribution < 1.29 is 9.53 Å². The number of nitrogens with zero attached hydrogens (tertiary/aromatic N) is 5. The van der Waals surface area contributed by atoms with Crippen LogP contribution in [0.3, 0.4) is 0 Å². The normalized spacial score (nSPS) is 19.0. The zero-order valence-electron chi connectivity index (χ0n) is 17.0. The summed E-state index contributed by atoms with van der Waals surface area (Å²) in [5.74, 6) is 0.883. The lowest BCUT2D eigenvalue weighted by Crippen LogP contribution is -2.43. The molecule has 156 valence electrons. The van der Waals surface area contributed by atoms with Crippen molar-refractivity contribution >= 4 is 5.91 Å². The third kappa shape index (κ3) is 4.65. The molecule has 8 heteroatoms. The van der Waals surface area contributed by atoms with Crippen LogP contribution < -0.4 is 10.1 Å². The summed E-state index contributed by atoms with van der Waals surface area (Å²) >= 11 is 0. The molecule has 1 aliphatic rings. The summed E-state index contributed by atoms with van der Waals surface area (Å²) in [6.45, 7) is 2.00. The second-order valence-electron chi connectivity index (χ2n) is 7.46. The Morgan fingerprint density at radius 1 is 1.17 bits per heavy atom. The number of benzene rings is 2. The lowest BCUT2D eigenvalue weighted by Gasteiger charge is -2.23. The number of para-hydroxylation sites is 1. The van der Waals surface area contributed by atoms with Crippen LogP contribution in [0.15, 0.2) is 60.9 Å². The zero-order valence-corrected chi connectivity index (χ0v) is 17.0. The average molecular weight is 406 g/mol. The summed E-state index contributed by atoms with van der Waals surface area (Å²) in [6, 6.07) is 17.9. The molecule has 1 fully saturated rings. The fourth-order valence-corrected chi connectivity index (χ4v) is 4.02. The standard InChI is InChI=1S/C22H26N6O2/c1-30-21-10-6-5-9-18(21)11-12-23-22(29)20-13-19(28-16-24-25-26-28)15-27(20)14-17-7-3-2-4-8-17/h2-10,16,19-20H,11-15H2,1H3,(H,23,29)/t19-,20-/m0/s1. The molecule has 2 heterocycles. The summed E-state index contributed by atoms with van der Waals surface area (Å²) in [4.78, 5) is 15.3. The van der Waals surface area contributed by atoms with Gasteiger partial charge in [0.2, 0.25) is 5.91 Å². The quantitative estimate of drug-likeness (QED) is 0.615. The number of carbonyl (C=O) groups is 1. The van der Waals surface area contributed by atoms with E-state index in [1.54, 1.807) is 18.1 Å². The number of hydrogen-bond acceptors (Lipinski definition) is 6. The molecule has 0 saturated carbocycles. The number of hydrogen-bond donors (Lipinski definition) is 1. The first-order valence-electron chi connectivity index (χ1n) is 10.1. The van der Waals surface area contributed by atoms with Gasteiger partial charge < -0.3 is 10.1 Å². The summed E-state index contributed by atoms with van der Waals surface area (Å²) in [5, 5.41) is 14.6. The Morgan fingerprint density at radius 3 is 2.73 bits per heavy atom. The lowest BCUT2D eigenvalue weighted by atomic mass is 10.1. The third-order valence-electron chi connectivity index (χ3n) is 5.54. The van der Waals surface area contributed by atoms with Crippen LogP contribution in [0.1, 0.15) is 23.6 Å². The highest BCUT2D eigenvalue weighted by Crippen LogP contribution is 2.28. The highest BCUT2D eigenvalue weighted by atomic mass is 16.5. The number of methoxy groups -OCH3 is 1. The van der Waals surface area contributed by atoms with Gasteiger partial charge in [0, 0.05) is 19.6 Å². The molecule has 0 unspecified atom stereocenters. The van der Waals surface area contributed by atoms with E-state index >= 15 is 0 Å². The predicted molar refractivity (Wildman–Crippen MR) is 112 cm³/mol. The van der Waals surface area contributed by atoms with Crippen LogP contribution >= 0.6 is 0 Å². The summed E-state index contributed by atoms with van der Waals surface area (Å²) in [7, 11) is 1.66. The molecule has 1 amide bonds. The maximum Gasteiger partial charge on any atom is 0.237 e. The van der Waals surface area contributed by atoms with E-state index in [1.165, 1.54) is 5.56 Å². The van der Waals surface area contributed by atoms with Crippen molar-refractivity contribution in [3.63, 3.8) is 0 Å². The Morgan fingerprint density at radius 2 is 1.97 bits per heavy atom. The van der Waals surface area contributed by atoms with Crippen molar-refractivity contribution in [3.8, 4) is 5.75 Å². The number of aromatic nitrogens is 4. The fourth-order valence-electron chi connectivity index (χ4n) is 4.02. The number of likely N-dealkylation sites (tertiary alicyclic amines) is 1. The molecule has 1 aromatic heterocycles. The van der Waals surface area contributed by atoms with E-state index in [4.69, 9.17) is 4.74 Å². The third-order valence-corrected chi connectivity index (χ3v) is 5.54. The first-order chi connectivity index (χ1) is 14.7. The van der Waals surface area contributed by atoms with Crippen LogP contribution in [0.2, 0.25) is 0 Å². The van der Waals surface area contributed by atoms with E-state index in [9.17, 15) is 4.79 Å². The molecule has 0 bridgehead atoms. The second kappa shape index (κ2) is 9.49. The van der Waals surface area contributed by atoms with Gasteiger partial charge in [0.1, 0.15) is 12.1 Å². The molecule has 1 aliphatic heterocycles. The van der Waals surface area contributed by atoms with Gasteiger partial charge >= 0.3 is 0 Å². The van der Waals surface area contributed by atoms with Crippen molar-refractivity contribution in [3.05, 3.63) is 72.1 Å². The monoisotopic (exact) mass is 406 g/mol. The van der Waals surface area contributed by atoms with E-state index in [0.717, 1.165) is 24.3 Å². The Kier molecular flexibility index (Phi) is 6.34. The van der Waals surface area contributed by atoms with Gasteiger partial charge in [-0.1, -0.05) is 48.5 Å². The van der Waals surface area contributed by atoms with Crippen molar-refractivity contribution in [1.29, 1.82) is 0 Å². The van der Waals surface area contributed by atoms with Crippen molar-refractivity contribution in [2.24, 2.45) is 0 Å². The minimum absolute atomic E-state index is 0.0383. The Bertz CT molecular complexity index is 947. The van der Waals surface area contributed by atoms with Crippen LogP contribution in [0.5, 0.6) is 5.75 Å². The molecule has 30 heavy (non-hydrogen) atoms. The van der Waals surface area contributed by atoms with Gasteiger partial charge in [0.25, 0.3) is 0 Å². The van der Waals surface area contributed by atoms with E-state index in [2.05, 4.69) is 37.9 Å². The molecule has 8 nitrogen and oxygen atoms in total. The highest BCUT2D eigenvalue weighted by Gasteiger charge is 2.38. The van der Waals surface area contributed by atoms with Crippen LogP contribution in [0.25, 0.3) is 0 Å². The van der Waals surface area contributed by atoms with Crippen molar-refractivity contribution in [1.82, 2.24) is 30.4 Å². The fraction of sp³-hybridized carbons (Fsp3) is 0.364. The van der Waals surface area contributed by atoms with E-state index < -0.39 is 0 Å². The molecule has 1 saturated heterocycles. The summed E-state index contributed by atoms with van der Waals surface area (Å²) in [6.07, 6.45) is 3.02. The minimum Gasteiger partial charge on any atom is -0.496 e. The van der Waals surface area contributed by atoms with Gasteiger partial charge in [-0.25, -0.2) is 4.68 Å². The molecule has 2 atom stereocenters. The first kappa shape index (κ1) is 20.0. The minimum atomic E-state index is -0.225. The van der Waals surface area contributed by atoms with Gasteiger partial charge in [0.15, 0.2) is 0 Å². The maximum absolute atomic E-state index is 13.1. The molecule has 4 rings (SSSR count). The largest absolute Gasteiger partial charge is 0.496 e. The number of nitrogens with one attached hydrogen (secondary N) is 1. The molecule has 0 radical (unpaired) electrons.